The summed E-state index contributed by atoms with van der Waals surface area (Å²) in [6, 6.07) is 8.97. The van der Waals surface area contributed by atoms with Crippen LogP contribution in [-0.4, -0.2) is 26.6 Å². The number of hydrogen-bond donors (Lipinski definition) is 2. The maximum absolute atomic E-state index is 12.3. The summed E-state index contributed by atoms with van der Waals surface area (Å²) in [4.78, 5) is 31.2. The van der Waals surface area contributed by atoms with Crippen LogP contribution in [0.4, 0.5) is 0 Å². The fourth-order valence-electron chi connectivity index (χ4n) is 3.12. The molecule has 0 atom stereocenters. The van der Waals surface area contributed by atoms with Crippen molar-refractivity contribution in [1.29, 1.82) is 0 Å². The Bertz CT molecular complexity index is 768. The molecule has 3 rings (SSSR count). The second-order valence-electron chi connectivity index (χ2n) is 6.02. The number of aromatic nitrogens is 2. The average molecular weight is 344 g/mol. The second-order valence-corrected chi connectivity index (χ2v) is 6.99. The van der Waals surface area contributed by atoms with Crippen molar-refractivity contribution in [2.45, 2.75) is 43.2 Å². The van der Waals surface area contributed by atoms with Gasteiger partial charge in [0.2, 0.25) is 5.88 Å². The molecule has 0 spiro atoms. The fraction of sp³-hybridized carbons (Fsp3) is 0.389. The molecule has 24 heavy (non-hydrogen) atoms. The number of H-pyrrole nitrogens is 1. The number of aromatic amines is 1. The van der Waals surface area contributed by atoms with E-state index in [2.05, 4.69) is 9.97 Å². The molecule has 1 aromatic carbocycles. The van der Waals surface area contributed by atoms with Gasteiger partial charge < -0.3 is 10.1 Å². The molecule has 1 aliphatic carbocycles. The van der Waals surface area contributed by atoms with Crippen LogP contribution in [0.3, 0.4) is 0 Å². The number of aromatic hydroxyl groups is 1. The zero-order valence-corrected chi connectivity index (χ0v) is 14.1. The topological polar surface area (TPSA) is 83.0 Å². The molecule has 1 saturated carbocycles. The highest BCUT2D eigenvalue weighted by molar-refractivity contribution is 7.99. The van der Waals surface area contributed by atoms with Gasteiger partial charge in [-0.15, -0.1) is 0 Å². The smallest absolute Gasteiger partial charge is 0.258 e. The number of carbonyl (C=O) groups is 1. The van der Waals surface area contributed by atoms with E-state index in [1.165, 1.54) is 6.42 Å². The highest BCUT2D eigenvalue weighted by Gasteiger charge is 2.23. The number of hydrogen-bond acceptors (Lipinski definition) is 5. The molecular weight excluding hydrogens is 324 g/mol. The number of benzene rings is 1. The molecule has 0 radical (unpaired) electrons. The molecule has 6 heteroatoms. The van der Waals surface area contributed by atoms with E-state index < -0.39 is 0 Å². The molecule has 0 unspecified atom stereocenters. The average Bonchev–Trinajstić information content (AvgIpc) is 2.61. The molecule has 0 saturated heterocycles. The summed E-state index contributed by atoms with van der Waals surface area (Å²) in [6.07, 6.45) is 5.16. The Morgan fingerprint density at radius 2 is 1.92 bits per heavy atom. The quantitative estimate of drug-likeness (QED) is 0.493. The van der Waals surface area contributed by atoms with Gasteiger partial charge in [-0.2, -0.15) is 4.98 Å². The van der Waals surface area contributed by atoms with E-state index in [-0.39, 0.29) is 34.0 Å². The molecule has 2 aromatic rings. The summed E-state index contributed by atoms with van der Waals surface area (Å²) in [6.45, 7) is 0. The number of carbonyl (C=O) groups excluding carboxylic acids is 1. The maximum Gasteiger partial charge on any atom is 0.258 e. The highest BCUT2D eigenvalue weighted by Crippen LogP contribution is 2.34. The van der Waals surface area contributed by atoms with Gasteiger partial charge in [0.1, 0.15) is 0 Å². The molecule has 1 aliphatic rings. The third-order valence-corrected chi connectivity index (χ3v) is 5.24. The Kier molecular flexibility index (Phi) is 5.35. The molecule has 0 aliphatic heterocycles. The lowest BCUT2D eigenvalue weighted by Crippen LogP contribution is -2.20. The van der Waals surface area contributed by atoms with Gasteiger partial charge in [0.05, 0.1) is 11.3 Å². The van der Waals surface area contributed by atoms with Crippen LogP contribution in [0.25, 0.3) is 0 Å². The van der Waals surface area contributed by atoms with E-state index in [4.69, 9.17) is 0 Å². The van der Waals surface area contributed by atoms with E-state index in [0.29, 0.717) is 11.1 Å². The molecule has 0 bridgehead atoms. The molecule has 2 N–H and O–H groups in total. The van der Waals surface area contributed by atoms with Gasteiger partial charge >= 0.3 is 0 Å². The van der Waals surface area contributed by atoms with Crippen molar-refractivity contribution in [2.75, 3.05) is 5.75 Å². The molecular formula is C18H20N2O3S. The summed E-state index contributed by atoms with van der Waals surface area (Å²) in [5, 5.41) is 10.5. The zero-order chi connectivity index (χ0) is 16.9. The van der Waals surface area contributed by atoms with Crippen molar-refractivity contribution in [3.05, 3.63) is 51.8 Å². The minimum atomic E-state index is -0.288. The Morgan fingerprint density at radius 3 is 2.58 bits per heavy atom. The Labute approximate surface area is 144 Å². The number of nitrogens with one attached hydrogen (secondary N) is 1. The van der Waals surface area contributed by atoms with Crippen LogP contribution < -0.4 is 5.56 Å². The largest absolute Gasteiger partial charge is 0.493 e. The van der Waals surface area contributed by atoms with Crippen LogP contribution in [0.2, 0.25) is 0 Å². The third-order valence-electron chi connectivity index (χ3n) is 4.36. The van der Waals surface area contributed by atoms with Crippen molar-refractivity contribution >= 4 is 17.5 Å². The standard InChI is InChI=1S/C18H20N2O3S/c21-14(12-7-3-1-4-8-12)11-24-18-19-16(22)15(17(23)20-18)13-9-5-2-6-10-13/h1,3-4,7-8,13H,2,5-6,9-11H2,(H2,19,20,22,23). The Balaban J connectivity index is 1.71. The zero-order valence-electron chi connectivity index (χ0n) is 13.3. The fourth-order valence-corrected chi connectivity index (χ4v) is 3.87. The first-order valence-corrected chi connectivity index (χ1v) is 9.18. The maximum atomic E-state index is 12.3. The van der Waals surface area contributed by atoms with Crippen LogP contribution in [0.15, 0.2) is 40.3 Å². The molecule has 5 nitrogen and oxygen atoms in total. The van der Waals surface area contributed by atoms with Gasteiger partial charge in [-0.1, -0.05) is 61.4 Å². The van der Waals surface area contributed by atoms with E-state index in [0.717, 1.165) is 37.4 Å². The van der Waals surface area contributed by atoms with Gasteiger partial charge in [0.25, 0.3) is 5.56 Å². The number of rotatable bonds is 5. The van der Waals surface area contributed by atoms with E-state index in [1.54, 1.807) is 12.1 Å². The lowest BCUT2D eigenvalue weighted by atomic mass is 9.85. The summed E-state index contributed by atoms with van der Waals surface area (Å²) in [5.41, 5.74) is 0.730. The Morgan fingerprint density at radius 1 is 1.21 bits per heavy atom. The Hall–Kier alpha value is -2.08. The van der Waals surface area contributed by atoms with Crippen molar-refractivity contribution in [3.63, 3.8) is 0 Å². The minimum Gasteiger partial charge on any atom is -0.493 e. The lowest BCUT2D eigenvalue weighted by Gasteiger charge is -2.21. The first kappa shape index (κ1) is 16.8. The van der Waals surface area contributed by atoms with Gasteiger partial charge in [0.15, 0.2) is 10.9 Å². The number of ketones is 1. The third kappa shape index (κ3) is 3.87. The predicted molar refractivity (Wildman–Crippen MR) is 93.8 cm³/mol. The van der Waals surface area contributed by atoms with Gasteiger partial charge in [-0.25, -0.2) is 0 Å². The van der Waals surface area contributed by atoms with Crippen LogP contribution in [-0.2, 0) is 0 Å². The molecule has 1 fully saturated rings. The van der Waals surface area contributed by atoms with E-state index >= 15 is 0 Å². The summed E-state index contributed by atoms with van der Waals surface area (Å²) >= 11 is 1.13. The number of thioether (sulfide) groups is 1. The van der Waals surface area contributed by atoms with Crippen molar-refractivity contribution in [1.82, 2.24) is 9.97 Å². The van der Waals surface area contributed by atoms with Crippen molar-refractivity contribution in [2.24, 2.45) is 0 Å². The molecule has 1 heterocycles. The predicted octanol–water partition coefficient (Wildman–Crippen LogP) is 3.50. The summed E-state index contributed by atoms with van der Waals surface area (Å²) in [5.74, 6) is 0.00855. The normalized spacial score (nSPS) is 15.3. The summed E-state index contributed by atoms with van der Waals surface area (Å²) < 4.78 is 0. The first-order chi connectivity index (χ1) is 11.6. The first-order valence-electron chi connectivity index (χ1n) is 8.19. The van der Waals surface area contributed by atoms with Crippen LogP contribution in [0.1, 0.15) is 53.9 Å². The van der Waals surface area contributed by atoms with Crippen molar-refractivity contribution < 1.29 is 9.90 Å². The van der Waals surface area contributed by atoms with E-state index in [1.807, 2.05) is 18.2 Å². The van der Waals surface area contributed by atoms with Gasteiger partial charge in [-0.05, 0) is 18.8 Å². The van der Waals surface area contributed by atoms with Gasteiger partial charge in [-0.3, -0.25) is 9.59 Å². The van der Waals surface area contributed by atoms with Crippen molar-refractivity contribution in [3.8, 4) is 5.88 Å². The summed E-state index contributed by atoms with van der Waals surface area (Å²) in [7, 11) is 0. The van der Waals surface area contributed by atoms with Crippen LogP contribution in [0, 0.1) is 0 Å². The second kappa shape index (κ2) is 7.66. The molecule has 0 amide bonds. The lowest BCUT2D eigenvalue weighted by molar-refractivity contribution is 0.102. The van der Waals surface area contributed by atoms with E-state index in [9.17, 15) is 14.7 Å². The number of Topliss-reactive ketones (excluding diaryl/α,β-unsaturated/α-hetero) is 1. The van der Waals surface area contributed by atoms with Gasteiger partial charge in [0, 0.05) is 5.56 Å². The van der Waals surface area contributed by atoms with Crippen LogP contribution in [0.5, 0.6) is 5.88 Å². The monoisotopic (exact) mass is 344 g/mol. The SMILES string of the molecule is O=C(CSc1nc(O)c(C2CCCCC2)c(=O)[nH]1)c1ccccc1. The highest BCUT2D eigenvalue weighted by atomic mass is 32.2. The molecule has 1 aromatic heterocycles. The minimum absolute atomic E-state index is 0.0425. The van der Waals surface area contributed by atoms with Crippen LogP contribution >= 0.6 is 11.8 Å². The number of nitrogens with zero attached hydrogens (tertiary/aromatic N) is 1. The molecule has 126 valence electrons.